The first-order valence-corrected chi connectivity index (χ1v) is 3.65. The number of pyridine rings is 1. The van der Waals surface area contributed by atoms with Crippen LogP contribution in [0.4, 0.5) is 0 Å². The standard InChI is InChI=1S/C10H14N2/c1-12-7-3-5-10(12)9-4-2-6-11-8-9/h2,4,6,8,10H,3,5,7H2,1H3/t10-/m0/s1/i2D,3D2,4D,5D2,6D,8D. The summed E-state index contributed by atoms with van der Waals surface area (Å²) < 4.78 is 62.1. The van der Waals surface area contributed by atoms with Crippen molar-refractivity contribution in [2.75, 3.05) is 13.6 Å². The van der Waals surface area contributed by atoms with Crippen molar-refractivity contribution in [2.24, 2.45) is 0 Å². The average Bonchev–Trinajstić information content (AvgIpc) is 2.44. The summed E-state index contributed by atoms with van der Waals surface area (Å²) in [6.45, 7) is -0.181. The molecule has 0 saturated carbocycles. The van der Waals surface area contributed by atoms with E-state index in [-0.39, 0.29) is 12.1 Å². The van der Waals surface area contributed by atoms with Crippen LogP contribution in [0.25, 0.3) is 0 Å². The van der Waals surface area contributed by atoms with Crippen LogP contribution in [0.3, 0.4) is 0 Å². The van der Waals surface area contributed by atoms with Crippen LogP contribution in [0.15, 0.2) is 24.4 Å². The molecule has 0 N–H and O–H groups in total. The van der Waals surface area contributed by atoms with Gasteiger partial charge in [-0.05, 0) is 37.9 Å². The molecule has 2 heterocycles. The van der Waals surface area contributed by atoms with E-state index in [4.69, 9.17) is 11.0 Å². The summed E-state index contributed by atoms with van der Waals surface area (Å²) in [5.41, 5.74) is -0.139. The second kappa shape index (κ2) is 3.23. The minimum Gasteiger partial charge on any atom is -0.299 e. The average molecular weight is 170 g/mol. The van der Waals surface area contributed by atoms with E-state index in [2.05, 4.69) is 4.98 Å². The Kier molecular flexibility index (Phi) is 0.756. The molecule has 1 atom stereocenters. The van der Waals surface area contributed by atoms with Crippen LogP contribution >= 0.6 is 0 Å². The summed E-state index contributed by atoms with van der Waals surface area (Å²) in [6, 6.07) is -2.09. The van der Waals surface area contributed by atoms with Crippen molar-refractivity contribution in [1.29, 1.82) is 0 Å². The Morgan fingerprint density at radius 1 is 1.83 bits per heavy atom. The van der Waals surface area contributed by atoms with Crippen LogP contribution in [0.5, 0.6) is 0 Å². The second-order valence-electron chi connectivity index (χ2n) is 2.64. The van der Waals surface area contributed by atoms with Crippen molar-refractivity contribution in [1.82, 2.24) is 9.88 Å². The first-order valence-electron chi connectivity index (χ1n) is 7.65. The number of nitrogens with zero attached hydrogens (tertiary/aromatic N) is 2. The Hall–Kier alpha value is -0.890. The normalized spacial score (nSPS) is 42.6. The van der Waals surface area contributed by atoms with Gasteiger partial charge in [-0.15, -0.1) is 0 Å². The van der Waals surface area contributed by atoms with Crippen LogP contribution < -0.4 is 0 Å². The molecule has 2 rings (SSSR count). The monoisotopic (exact) mass is 170 g/mol. The maximum atomic E-state index is 7.98. The Balaban J connectivity index is 2.66. The lowest BCUT2D eigenvalue weighted by molar-refractivity contribution is 0.317. The molecule has 1 aliphatic heterocycles. The molecule has 1 aromatic rings. The van der Waals surface area contributed by atoms with E-state index < -0.39 is 43.2 Å². The number of rotatable bonds is 1. The number of likely N-dealkylation sites (tertiary alicyclic amines) is 1. The van der Waals surface area contributed by atoms with E-state index >= 15 is 0 Å². The summed E-state index contributed by atoms with van der Waals surface area (Å²) in [7, 11) is 1.50. The Labute approximate surface area is 84.5 Å². The van der Waals surface area contributed by atoms with Gasteiger partial charge in [-0.2, -0.15) is 0 Å². The third kappa shape index (κ3) is 1.34. The quantitative estimate of drug-likeness (QED) is 0.639. The second-order valence-corrected chi connectivity index (χ2v) is 2.64. The highest BCUT2D eigenvalue weighted by atomic mass is 15.1. The molecule has 1 fully saturated rings. The van der Waals surface area contributed by atoms with E-state index in [1.54, 1.807) is 0 Å². The topological polar surface area (TPSA) is 16.1 Å². The van der Waals surface area contributed by atoms with Gasteiger partial charge in [0, 0.05) is 23.9 Å². The molecule has 0 amide bonds. The third-order valence-corrected chi connectivity index (χ3v) is 1.77. The molecule has 2 nitrogen and oxygen atoms in total. The fraction of sp³-hybridized carbons (Fsp3) is 0.500. The molecule has 1 aliphatic rings. The lowest BCUT2D eigenvalue weighted by Crippen LogP contribution is -2.17. The molecule has 1 saturated heterocycles. The molecule has 0 radical (unpaired) electrons. The fourth-order valence-corrected chi connectivity index (χ4v) is 1.13. The fourth-order valence-electron chi connectivity index (χ4n) is 1.13. The minimum atomic E-state index is -2.31. The summed E-state index contributed by atoms with van der Waals surface area (Å²) in [5, 5.41) is 0. The number of aromatic nitrogens is 1. The van der Waals surface area contributed by atoms with Crippen molar-refractivity contribution in [2.45, 2.75) is 18.8 Å². The van der Waals surface area contributed by atoms with Gasteiger partial charge in [-0.1, -0.05) is 6.04 Å². The van der Waals surface area contributed by atoms with Gasteiger partial charge in [-0.25, -0.2) is 0 Å². The summed E-state index contributed by atoms with van der Waals surface area (Å²) in [6.07, 6.45) is -5.40. The third-order valence-electron chi connectivity index (χ3n) is 1.77. The van der Waals surface area contributed by atoms with Crippen molar-refractivity contribution in [3.63, 3.8) is 0 Å². The summed E-state index contributed by atoms with van der Waals surface area (Å²) in [5.74, 6) is 0. The Bertz CT molecular complexity index is 559. The molecule has 64 valence electrons. The first kappa shape index (κ1) is 2.81. The largest absolute Gasteiger partial charge is 0.299 e. The lowest BCUT2D eigenvalue weighted by atomic mass is 10.1. The highest BCUT2D eigenvalue weighted by Crippen LogP contribution is 2.29. The molecule has 0 spiro atoms. The number of hydrogen-bond acceptors (Lipinski definition) is 2. The SMILES string of the molecule is [2H]c1nc([2H])c([C@H]2N(C)CC([2H])([2H])C2([2H])[2H])c([2H])c1[2H]. The van der Waals surface area contributed by atoms with E-state index in [9.17, 15) is 0 Å². The van der Waals surface area contributed by atoms with Crippen LogP contribution in [-0.2, 0) is 0 Å². The van der Waals surface area contributed by atoms with Gasteiger partial charge in [0.1, 0.15) is 0 Å². The molecule has 12 heavy (non-hydrogen) atoms. The van der Waals surface area contributed by atoms with Gasteiger partial charge in [0.15, 0.2) is 0 Å². The predicted octanol–water partition coefficient (Wildman–Crippen LogP) is 1.85. The maximum absolute atomic E-state index is 7.98. The van der Waals surface area contributed by atoms with E-state index in [1.807, 2.05) is 0 Å². The Morgan fingerprint density at radius 3 is 3.50 bits per heavy atom. The van der Waals surface area contributed by atoms with E-state index in [0.717, 1.165) is 0 Å². The van der Waals surface area contributed by atoms with Gasteiger partial charge < -0.3 is 0 Å². The zero-order valence-corrected chi connectivity index (χ0v) is 6.68. The van der Waals surface area contributed by atoms with Crippen LogP contribution in [-0.4, -0.2) is 23.5 Å². The van der Waals surface area contributed by atoms with Crippen molar-refractivity contribution >= 4 is 0 Å². The zero-order valence-electron chi connectivity index (χ0n) is 14.7. The summed E-state index contributed by atoms with van der Waals surface area (Å²) in [4.78, 5) is 4.92. The van der Waals surface area contributed by atoms with Crippen molar-refractivity contribution in [3.05, 3.63) is 30.0 Å². The Morgan fingerprint density at radius 2 is 2.75 bits per heavy atom. The molecule has 0 aromatic carbocycles. The maximum Gasteiger partial charge on any atom is 0.0843 e. The molecule has 2 heteroatoms. The molecular formula is C10H14N2. The van der Waals surface area contributed by atoms with Gasteiger partial charge in [0.25, 0.3) is 0 Å². The van der Waals surface area contributed by atoms with Gasteiger partial charge in [0.2, 0.25) is 0 Å². The summed E-state index contributed by atoms with van der Waals surface area (Å²) >= 11 is 0. The van der Waals surface area contributed by atoms with Gasteiger partial charge in [0.05, 0.1) is 5.48 Å². The lowest BCUT2D eigenvalue weighted by Gasteiger charge is -2.18. The first-order chi connectivity index (χ1) is 9.00. The minimum absolute atomic E-state index is 0.139. The van der Waals surface area contributed by atoms with Gasteiger partial charge in [-0.3, -0.25) is 9.88 Å². The van der Waals surface area contributed by atoms with E-state index in [0.29, 0.717) is 0 Å². The molecule has 0 unspecified atom stereocenters. The molecule has 1 aromatic heterocycles. The molecular weight excluding hydrogens is 148 g/mol. The van der Waals surface area contributed by atoms with Crippen LogP contribution in [0.1, 0.15) is 35.3 Å². The number of hydrogen-bond donors (Lipinski definition) is 0. The molecule has 0 bridgehead atoms. The highest BCUT2D eigenvalue weighted by Gasteiger charge is 2.21. The zero-order chi connectivity index (χ0) is 15.5. The van der Waals surface area contributed by atoms with Crippen molar-refractivity contribution in [3.8, 4) is 0 Å². The predicted molar refractivity (Wildman–Crippen MR) is 48.8 cm³/mol. The molecule has 0 aliphatic carbocycles. The van der Waals surface area contributed by atoms with Crippen molar-refractivity contribution < 1.29 is 11.0 Å². The van der Waals surface area contributed by atoms with Crippen LogP contribution in [0, 0.1) is 0 Å². The van der Waals surface area contributed by atoms with E-state index in [1.165, 1.54) is 11.9 Å². The highest BCUT2D eigenvalue weighted by molar-refractivity contribution is 5.14. The smallest absolute Gasteiger partial charge is 0.0843 e. The van der Waals surface area contributed by atoms with Gasteiger partial charge >= 0.3 is 0 Å². The van der Waals surface area contributed by atoms with Crippen LogP contribution in [0.2, 0.25) is 0 Å².